The molecule has 4 aliphatic rings. The number of rotatable bonds is 15. The number of aromatic hydroxyl groups is 1. The topological polar surface area (TPSA) is 146 Å². The summed E-state index contributed by atoms with van der Waals surface area (Å²) in [6, 6.07) is 15.1. The first-order valence-electron chi connectivity index (χ1n) is 21.2. The second kappa shape index (κ2) is 17.8. The summed E-state index contributed by atoms with van der Waals surface area (Å²) in [6.45, 7) is 15.2. The van der Waals surface area contributed by atoms with Crippen LogP contribution in [0.2, 0.25) is 18.1 Å². The fourth-order valence-corrected chi connectivity index (χ4v) is 10.9. The molecule has 4 fully saturated rings. The van der Waals surface area contributed by atoms with E-state index in [1.165, 1.54) is 17.4 Å². The number of amides is 1. The van der Waals surface area contributed by atoms with E-state index in [4.69, 9.17) is 9.16 Å². The largest absolute Gasteiger partial charge is 0.506 e. The Balaban J connectivity index is 0.928. The Hall–Kier alpha value is -3.88. The number of piperidine rings is 3. The lowest BCUT2D eigenvalue weighted by Gasteiger charge is -2.45. The van der Waals surface area contributed by atoms with Crippen LogP contribution in [0.4, 0.5) is 5.13 Å². The molecule has 1 aliphatic carbocycles. The zero-order valence-electron chi connectivity index (χ0n) is 34.8. The van der Waals surface area contributed by atoms with E-state index in [0.717, 1.165) is 98.0 Å². The maximum atomic E-state index is 14.0. The molecule has 4 N–H and O–H groups in total. The van der Waals surface area contributed by atoms with Crippen LogP contribution in [0.1, 0.15) is 106 Å². The molecule has 8 rings (SSSR count). The third-order valence-corrected chi connectivity index (χ3v) is 18.6. The summed E-state index contributed by atoms with van der Waals surface area (Å²) in [5.74, 6) is 0.392. The second-order valence-corrected chi connectivity index (χ2v) is 24.1. The number of aryl methyl sites for hydroxylation is 1. The minimum absolute atomic E-state index is 0.00694. The Labute approximate surface area is 347 Å². The lowest BCUT2D eigenvalue weighted by atomic mass is 9.69. The monoisotopic (exact) mass is 827 g/mol. The van der Waals surface area contributed by atoms with E-state index in [2.05, 4.69) is 83.6 Å². The van der Waals surface area contributed by atoms with Crippen molar-refractivity contribution in [2.24, 2.45) is 5.92 Å². The lowest BCUT2D eigenvalue weighted by Crippen LogP contribution is -2.53. The third kappa shape index (κ3) is 9.60. The van der Waals surface area contributed by atoms with Gasteiger partial charge in [-0.2, -0.15) is 0 Å². The van der Waals surface area contributed by atoms with E-state index in [1.54, 1.807) is 18.3 Å². The highest BCUT2D eigenvalue weighted by molar-refractivity contribution is 7.15. The van der Waals surface area contributed by atoms with E-state index in [0.29, 0.717) is 42.5 Å². The summed E-state index contributed by atoms with van der Waals surface area (Å²) in [5.41, 5.74) is 2.62. The number of thiazole rings is 1. The van der Waals surface area contributed by atoms with Crippen molar-refractivity contribution >= 4 is 47.6 Å². The Kier molecular flexibility index (Phi) is 12.9. The number of esters is 1. The van der Waals surface area contributed by atoms with Gasteiger partial charge in [-0.1, -0.05) is 70.4 Å². The number of phenols is 1. The van der Waals surface area contributed by atoms with Crippen molar-refractivity contribution in [2.75, 3.05) is 31.5 Å². The highest BCUT2D eigenvalue weighted by atomic mass is 32.1. The maximum Gasteiger partial charge on any atom is 0.316 e. The maximum absolute atomic E-state index is 14.0. The number of phenolic OH excluding ortho intramolecular Hbond substituents is 1. The average molecular weight is 828 g/mol. The van der Waals surface area contributed by atoms with Crippen molar-refractivity contribution in [3.63, 3.8) is 0 Å². The van der Waals surface area contributed by atoms with Crippen molar-refractivity contribution in [2.45, 2.75) is 127 Å². The number of carbonyl (C=O) groups is 2. The molecule has 312 valence electrons. The number of pyridine rings is 1. The van der Waals surface area contributed by atoms with E-state index in [1.807, 2.05) is 6.07 Å². The van der Waals surface area contributed by atoms with Crippen molar-refractivity contribution in [1.29, 1.82) is 0 Å². The molecule has 2 aromatic heterocycles. The average Bonchev–Trinajstić information content (AvgIpc) is 3.65. The molecular formula is C45H61N5O6SSi. The quantitative estimate of drug-likeness (QED) is 0.0687. The van der Waals surface area contributed by atoms with Crippen molar-refractivity contribution in [3.05, 3.63) is 86.6 Å². The van der Waals surface area contributed by atoms with Gasteiger partial charge in [0, 0.05) is 48.6 Å². The number of nitrogens with one attached hydrogen (secondary N) is 3. The lowest BCUT2D eigenvalue weighted by molar-refractivity contribution is -0.167. The molecule has 2 aromatic carbocycles. The number of hydrogen-bond acceptors (Lipinski definition) is 10. The summed E-state index contributed by atoms with van der Waals surface area (Å²) >= 11 is 1.44. The number of benzene rings is 2. The molecule has 4 aromatic rings. The zero-order chi connectivity index (χ0) is 41.1. The Bertz CT molecular complexity index is 2130. The van der Waals surface area contributed by atoms with Crippen molar-refractivity contribution in [3.8, 4) is 5.75 Å². The number of ether oxygens (including phenoxy) is 1. The number of anilines is 1. The summed E-state index contributed by atoms with van der Waals surface area (Å²) in [6.07, 6.45) is 10.3. The molecule has 1 saturated carbocycles. The van der Waals surface area contributed by atoms with Crippen LogP contribution in [-0.2, 0) is 37.1 Å². The molecule has 2 atom stereocenters. The smallest absolute Gasteiger partial charge is 0.316 e. The molecule has 0 spiro atoms. The summed E-state index contributed by atoms with van der Waals surface area (Å²) < 4.78 is 13.3. The highest BCUT2D eigenvalue weighted by Gasteiger charge is 2.46. The first kappa shape index (κ1) is 42.2. The summed E-state index contributed by atoms with van der Waals surface area (Å²) in [5, 5.41) is 18.3. The summed E-state index contributed by atoms with van der Waals surface area (Å²) in [7, 11) is -2.22. The van der Waals surface area contributed by atoms with Gasteiger partial charge in [0.1, 0.15) is 11.9 Å². The van der Waals surface area contributed by atoms with E-state index >= 15 is 0 Å². The first-order valence-corrected chi connectivity index (χ1v) is 24.9. The molecule has 3 aliphatic heterocycles. The first-order chi connectivity index (χ1) is 27.7. The molecule has 5 heterocycles. The van der Waals surface area contributed by atoms with E-state index in [-0.39, 0.29) is 40.4 Å². The normalized spacial score (nSPS) is 21.2. The minimum Gasteiger partial charge on any atom is -0.506 e. The van der Waals surface area contributed by atoms with Gasteiger partial charge in [0.25, 0.3) is 0 Å². The highest BCUT2D eigenvalue weighted by Crippen LogP contribution is 2.43. The molecule has 13 heteroatoms. The van der Waals surface area contributed by atoms with E-state index in [9.17, 15) is 19.5 Å². The Morgan fingerprint density at radius 1 is 1.09 bits per heavy atom. The SMILES string of the molecule is CC(C)(C)[Si](C)(C)O[C@H](CNCc1cnc(NC(=O)CCCc2cccc(C3(C(=O)O[C@H]4CN5CCC4CC5)CCCCC3)c2)s1)c1ccc(O)c2[nH]c(=O)ccc12. The van der Waals surface area contributed by atoms with Crippen LogP contribution in [-0.4, -0.2) is 72.5 Å². The van der Waals surface area contributed by atoms with Gasteiger partial charge in [-0.25, -0.2) is 4.98 Å². The van der Waals surface area contributed by atoms with Crippen molar-refractivity contribution < 1.29 is 23.9 Å². The van der Waals surface area contributed by atoms with Crippen molar-refractivity contribution in [1.82, 2.24) is 20.2 Å². The standard InChI is InChI=1S/C45H61N5O6SSi/c1-44(2,3)58(4,5)56-37(34-15-17-36(51)41-35(34)16-18-40(53)48-41)28-46-26-33-27-47-43(57-33)49-39(52)14-10-12-30-11-9-13-32(25-30)45(21-7-6-8-22-45)42(54)55-38-29-50-23-19-31(38)20-24-50/h9,11,13,15-18,25,27,31,37-38,46,51H,6-8,10,12,14,19-24,26,28-29H2,1-5H3,(H,48,53)(H,47,49,52)/t37-,38+/m1/s1. The molecule has 3 saturated heterocycles. The number of H-pyrrole nitrogens is 1. The minimum atomic E-state index is -2.22. The molecular weight excluding hydrogens is 767 g/mol. The van der Waals surface area contributed by atoms with Gasteiger partial charge < -0.3 is 29.9 Å². The predicted octanol–water partition coefficient (Wildman–Crippen LogP) is 8.34. The van der Waals surface area contributed by atoms with Gasteiger partial charge in [0.05, 0.1) is 17.0 Å². The number of carbonyl (C=O) groups excluding carboxylic acids is 2. The molecule has 2 bridgehead atoms. The van der Waals surface area contributed by atoms with Gasteiger partial charge in [-0.15, -0.1) is 11.3 Å². The van der Waals surface area contributed by atoms with Crippen LogP contribution in [0.15, 0.2) is 59.5 Å². The molecule has 0 radical (unpaired) electrons. The number of aromatic amines is 1. The number of aromatic nitrogens is 2. The zero-order valence-corrected chi connectivity index (χ0v) is 36.6. The summed E-state index contributed by atoms with van der Waals surface area (Å²) in [4.78, 5) is 49.8. The van der Waals surface area contributed by atoms with Gasteiger partial charge >= 0.3 is 5.97 Å². The van der Waals surface area contributed by atoms with Crippen LogP contribution >= 0.6 is 11.3 Å². The van der Waals surface area contributed by atoms with Crippen LogP contribution in [0.3, 0.4) is 0 Å². The van der Waals surface area contributed by atoms with Gasteiger partial charge in [0.2, 0.25) is 11.5 Å². The van der Waals surface area contributed by atoms with Gasteiger partial charge in [0.15, 0.2) is 13.4 Å². The van der Waals surface area contributed by atoms with Crippen LogP contribution in [0.25, 0.3) is 10.9 Å². The van der Waals surface area contributed by atoms with E-state index < -0.39 is 13.7 Å². The number of hydrogen-bond donors (Lipinski definition) is 4. The van der Waals surface area contributed by atoms with Crippen LogP contribution in [0, 0.1) is 5.92 Å². The fraction of sp³-hybridized carbons (Fsp3) is 0.556. The fourth-order valence-electron chi connectivity index (χ4n) is 8.78. The van der Waals surface area contributed by atoms with Crippen LogP contribution < -0.4 is 16.2 Å². The number of nitrogens with zero attached hydrogens (tertiary/aromatic N) is 2. The Morgan fingerprint density at radius 3 is 2.59 bits per heavy atom. The predicted molar refractivity (Wildman–Crippen MR) is 233 cm³/mol. The molecule has 11 nitrogen and oxygen atoms in total. The molecule has 0 unspecified atom stereocenters. The van der Waals surface area contributed by atoms with Gasteiger partial charge in [-0.05, 0) is 104 Å². The molecule has 58 heavy (non-hydrogen) atoms. The van der Waals surface area contributed by atoms with Gasteiger partial charge in [-0.3, -0.25) is 19.3 Å². The molecule has 1 amide bonds. The second-order valence-electron chi connectivity index (χ2n) is 18.2. The number of fused-ring (bicyclic) bond motifs is 4. The third-order valence-electron chi connectivity index (χ3n) is 13.2. The Morgan fingerprint density at radius 2 is 1.86 bits per heavy atom. The van der Waals surface area contributed by atoms with Crippen LogP contribution in [0.5, 0.6) is 5.75 Å².